The van der Waals surface area contributed by atoms with Crippen LogP contribution in [0.5, 0.6) is 5.75 Å². The second-order valence-electron chi connectivity index (χ2n) is 7.17. The summed E-state index contributed by atoms with van der Waals surface area (Å²) in [5, 5.41) is 11.7. The maximum atomic E-state index is 12.9. The van der Waals surface area contributed by atoms with E-state index in [1.54, 1.807) is 24.3 Å². The molecule has 1 amide bonds. The van der Waals surface area contributed by atoms with Gasteiger partial charge < -0.3 is 10.1 Å². The van der Waals surface area contributed by atoms with E-state index in [-0.39, 0.29) is 11.3 Å². The quantitative estimate of drug-likeness (QED) is 0.206. The molecule has 0 heterocycles. The Kier molecular flexibility index (Phi) is 7.76. The number of aryl methyl sites for hydroxylation is 1. The largest absolute Gasteiger partial charge is 0.488 e. The van der Waals surface area contributed by atoms with E-state index in [0.717, 1.165) is 26.8 Å². The van der Waals surface area contributed by atoms with E-state index < -0.39 is 17.6 Å². The van der Waals surface area contributed by atoms with Gasteiger partial charge in [-0.05, 0) is 77.0 Å². The van der Waals surface area contributed by atoms with Gasteiger partial charge in [0.05, 0.1) is 9.13 Å². The Morgan fingerprint density at radius 2 is 1.85 bits per heavy atom. The summed E-state index contributed by atoms with van der Waals surface area (Å²) < 4.78 is 45.2. The Hall–Kier alpha value is -3.32. The molecule has 0 aliphatic rings. The summed E-state index contributed by atoms with van der Waals surface area (Å²) in [7, 11) is 0. The molecule has 0 bridgehead atoms. The fourth-order valence-corrected chi connectivity index (χ4v) is 3.55. The molecule has 33 heavy (non-hydrogen) atoms. The van der Waals surface area contributed by atoms with Crippen LogP contribution in [0, 0.1) is 21.8 Å². The predicted molar refractivity (Wildman–Crippen MR) is 128 cm³/mol. The number of carbonyl (C=O) groups is 1. The van der Waals surface area contributed by atoms with E-state index >= 15 is 0 Å². The number of carbonyl (C=O) groups excluding carboxylic acids is 1. The Bertz CT molecular complexity index is 1230. The lowest BCUT2D eigenvalue weighted by Crippen LogP contribution is -2.14. The summed E-state index contributed by atoms with van der Waals surface area (Å²) in [6.07, 6.45) is -3.16. The summed E-state index contributed by atoms with van der Waals surface area (Å²) in [5.41, 5.74) is 1.59. The normalized spacial score (nSPS) is 11.6. The Morgan fingerprint density at radius 1 is 1.12 bits per heavy atom. The van der Waals surface area contributed by atoms with Crippen molar-refractivity contribution < 1.29 is 22.7 Å². The zero-order chi connectivity index (χ0) is 24.0. The minimum absolute atomic E-state index is 0.0505. The van der Waals surface area contributed by atoms with Crippen molar-refractivity contribution in [2.45, 2.75) is 19.7 Å². The molecular weight excluding hydrogens is 544 g/mol. The Morgan fingerprint density at radius 3 is 2.48 bits per heavy atom. The van der Waals surface area contributed by atoms with E-state index in [1.165, 1.54) is 18.2 Å². The number of hydrogen-bond donors (Lipinski definition) is 1. The van der Waals surface area contributed by atoms with Crippen LogP contribution in [0.25, 0.3) is 6.08 Å². The van der Waals surface area contributed by atoms with Gasteiger partial charge >= 0.3 is 6.18 Å². The summed E-state index contributed by atoms with van der Waals surface area (Å²) in [6, 6.07) is 19.2. The summed E-state index contributed by atoms with van der Waals surface area (Å²) in [6.45, 7) is 2.41. The molecule has 0 aliphatic carbocycles. The minimum Gasteiger partial charge on any atom is -0.488 e. The van der Waals surface area contributed by atoms with Gasteiger partial charge in [-0.2, -0.15) is 18.4 Å². The second kappa shape index (κ2) is 10.5. The molecule has 0 saturated carbocycles. The van der Waals surface area contributed by atoms with Crippen LogP contribution in [-0.4, -0.2) is 5.91 Å². The minimum atomic E-state index is -4.53. The number of halogens is 4. The molecule has 168 valence electrons. The number of nitriles is 1. The van der Waals surface area contributed by atoms with E-state index in [0.29, 0.717) is 17.9 Å². The van der Waals surface area contributed by atoms with Crippen molar-refractivity contribution in [2.24, 2.45) is 0 Å². The predicted octanol–water partition coefficient (Wildman–Crippen LogP) is 6.74. The number of amides is 1. The van der Waals surface area contributed by atoms with Crippen molar-refractivity contribution in [3.8, 4) is 11.8 Å². The first-order chi connectivity index (χ1) is 15.7. The highest BCUT2D eigenvalue weighted by Gasteiger charge is 2.30. The molecule has 3 rings (SSSR count). The first-order valence-electron chi connectivity index (χ1n) is 9.74. The van der Waals surface area contributed by atoms with Gasteiger partial charge in [-0.1, -0.05) is 42.0 Å². The fourth-order valence-electron chi connectivity index (χ4n) is 2.86. The third-order valence-corrected chi connectivity index (χ3v) is 5.44. The molecule has 8 heteroatoms. The number of anilines is 1. The van der Waals surface area contributed by atoms with Gasteiger partial charge in [-0.25, -0.2) is 0 Å². The van der Waals surface area contributed by atoms with Crippen molar-refractivity contribution in [3.63, 3.8) is 0 Å². The molecule has 4 nitrogen and oxygen atoms in total. The highest BCUT2D eigenvalue weighted by Crippen LogP contribution is 2.31. The fraction of sp³-hybridized carbons (Fsp3) is 0.120. The Labute approximate surface area is 202 Å². The van der Waals surface area contributed by atoms with E-state index in [9.17, 15) is 23.2 Å². The van der Waals surface area contributed by atoms with Gasteiger partial charge in [-0.3, -0.25) is 4.79 Å². The first-order valence-corrected chi connectivity index (χ1v) is 10.8. The first kappa shape index (κ1) is 24.3. The number of rotatable bonds is 6. The van der Waals surface area contributed by atoms with Crippen LogP contribution in [0.2, 0.25) is 0 Å². The highest BCUT2D eigenvalue weighted by atomic mass is 127. The standard InChI is InChI=1S/C25H18F3IN2O2/c1-16-5-7-17(8-6-16)15-33-23-10-9-18(12-22(23)29)11-19(14-30)24(32)31-21-4-2-3-20(13-21)25(26,27)28/h2-13H,15H2,1H3,(H,31,32)/b19-11-. The molecule has 1 N–H and O–H groups in total. The van der Waals surface area contributed by atoms with Gasteiger partial charge in [0, 0.05) is 5.69 Å². The van der Waals surface area contributed by atoms with Gasteiger partial charge in [0.2, 0.25) is 0 Å². The van der Waals surface area contributed by atoms with Crippen molar-refractivity contribution in [3.05, 3.63) is 98.1 Å². The lowest BCUT2D eigenvalue weighted by Gasteiger charge is -2.10. The zero-order valence-corrected chi connectivity index (χ0v) is 19.6. The Balaban J connectivity index is 1.71. The molecule has 0 fully saturated rings. The van der Waals surface area contributed by atoms with Crippen LogP contribution in [-0.2, 0) is 17.6 Å². The van der Waals surface area contributed by atoms with Crippen LogP contribution < -0.4 is 10.1 Å². The number of alkyl halides is 3. The number of nitrogens with zero attached hydrogens (tertiary/aromatic N) is 1. The average molecular weight is 562 g/mol. The van der Waals surface area contributed by atoms with Gasteiger partial charge in [0.25, 0.3) is 5.91 Å². The molecule has 0 spiro atoms. The zero-order valence-electron chi connectivity index (χ0n) is 17.4. The number of ether oxygens (including phenoxy) is 1. The van der Waals surface area contributed by atoms with Crippen LogP contribution >= 0.6 is 22.6 Å². The maximum Gasteiger partial charge on any atom is 0.416 e. The molecule has 0 aromatic heterocycles. The molecule has 3 aromatic rings. The highest BCUT2D eigenvalue weighted by molar-refractivity contribution is 14.1. The lowest BCUT2D eigenvalue weighted by atomic mass is 10.1. The van der Waals surface area contributed by atoms with Crippen LogP contribution in [0.15, 0.2) is 72.3 Å². The topological polar surface area (TPSA) is 62.1 Å². The SMILES string of the molecule is Cc1ccc(COc2ccc(/C=C(/C#N)C(=O)Nc3cccc(C(F)(F)F)c3)cc2I)cc1. The van der Waals surface area contributed by atoms with Gasteiger partial charge in [0.1, 0.15) is 24.0 Å². The van der Waals surface area contributed by atoms with Crippen LogP contribution in [0.1, 0.15) is 22.3 Å². The van der Waals surface area contributed by atoms with E-state index in [2.05, 4.69) is 27.9 Å². The molecule has 0 saturated heterocycles. The van der Waals surface area contributed by atoms with Crippen molar-refractivity contribution in [2.75, 3.05) is 5.32 Å². The third kappa shape index (κ3) is 6.83. The molecule has 0 atom stereocenters. The second-order valence-corrected chi connectivity index (χ2v) is 8.33. The molecule has 0 radical (unpaired) electrons. The van der Waals surface area contributed by atoms with E-state index in [4.69, 9.17) is 4.74 Å². The molecule has 3 aromatic carbocycles. The summed E-state index contributed by atoms with van der Waals surface area (Å²) >= 11 is 2.10. The van der Waals surface area contributed by atoms with Crippen molar-refractivity contribution in [1.29, 1.82) is 5.26 Å². The van der Waals surface area contributed by atoms with Crippen molar-refractivity contribution >= 4 is 40.3 Å². The van der Waals surface area contributed by atoms with Crippen molar-refractivity contribution in [1.82, 2.24) is 0 Å². The monoisotopic (exact) mass is 562 g/mol. The number of nitrogens with one attached hydrogen (secondary N) is 1. The third-order valence-electron chi connectivity index (χ3n) is 4.59. The number of hydrogen-bond acceptors (Lipinski definition) is 3. The molecular formula is C25H18F3IN2O2. The lowest BCUT2D eigenvalue weighted by molar-refractivity contribution is -0.137. The number of benzene rings is 3. The summed E-state index contributed by atoms with van der Waals surface area (Å²) in [4.78, 5) is 12.4. The molecule has 0 aliphatic heterocycles. The van der Waals surface area contributed by atoms with E-state index in [1.807, 2.05) is 31.2 Å². The van der Waals surface area contributed by atoms with Gasteiger partial charge in [-0.15, -0.1) is 0 Å². The average Bonchev–Trinajstić information content (AvgIpc) is 2.77. The van der Waals surface area contributed by atoms with Crippen LogP contribution in [0.4, 0.5) is 18.9 Å². The van der Waals surface area contributed by atoms with Gasteiger partial charge in [0.15, 0.2) is 0 Å². The smallest absolute Gasteiger partial charge is 0.416 e. The van der Waals surface area contributed by atoms with Crippen LogP contribution in [0.3, 0.4) is 0 Å². The molecule has 0 unspecified atom stereocenters. The summed E-state index contributed by atoms with van der Waals surface area (Å²) in [5.74, 6) is -0.146. The maximum absolute atomic E-state index is 12.9.